The molecule has 0 amide bonds. The highest BCUT2D eigenvalue weighted by Gasteiger charge is 2.35. The first kappa shape index (κ1) is 13.0. The second kappa shape index (κ2) is 5.31. The summed E-state index contributed by atoms with van der Waals surface area (Å²) in [5, 5.41) is 0. The zero-order chi connectivity index (χ0) is 11.5. The molecule has 1 saturated carbocycles. The SMILES string of the molecule is COCCC(C)C1CC(C)(C)CCC1N. The minimum absolute atomic E-state index is 0.407. The van der Waals surface area contributed by atoms with E-state index in [1.54, 1.807) is 7.11 Å². The average molecular weight is 213 g/mol. The van der Waals surface area contributed by atoms with Crippen molar-refractivity contribution in [1.29, 1.82) is 0 Å². The van der Waals surface area contributed by atoms with E-state index >= 15 is 0 Å². The van der Waals surface area contributed by atoms with Crippen LogP contribution < -0.4 is 5.73 Å². The Kier molecular flexibility index (Phi) is 4.60. The highest BCUT2D eigenvalue weighted by molar-refractivity contribution is 4.89. The van der Waals surface area contributed by atoms with Crippen LogP contribution in [0.1, 0.15) is 46.5 Å². The van der Waals surface area contributed by atoms with Crippen molar-refractivity contribution in [3.05, 3.63) is 0 Å². The Bertz CT molecular complexity index is 191. The minimum atomic E-state index is 0.407. The lowest BCUT2D eigenvalue weighted by atomic mass is 9.66. The van der Waals surface area contributed by atoms with Crippen molar-refractivity contribution in [2.75, 3.05) is 13.7 Å². The topological polar surface area (TPSA) is 35.2 Å². The Morgan fingerprint density at radius 3 is 2.73 bits per heavy atom. The second-order valence-electron chi connectivity index (χ2n) is 5.99. The molecule has 3 atom stereocenters. The molecule has 0 aliphatic heterocycles. The fourth-order valence-electron chi connectivity index (χ4n) is 2.80. The lowest BCUT2D eigenvalue weighted by Gasteiger charge is -2.42. The second-order valence-corrected chi connectivity index (χ2v) is 5.99. The predicted octanol–water partition coefficient (Wildman–Crippen LogP) is 2.81. The zero-order valence-corrected chi connectivity index (χ0v) is 10.8. The smallest absolute Gasteiger partial charge is 0.0464 e. The molecule has 2 N–H and O–H groups in total. The van der Waals surface area contributed by atoms with Gasteiger partial charge in [0.15, 0.2) is 0 Å². The largest absolute Gasteiger partial charge is 0.385 e. The highest BCUT2D eigenvalue weighted by Crippen LogP contribution is 2.41. The van der Waals surface area contributed by atoms with E-state index in [9.17, 15) is 0 Å². The molecule has 0 bridgehead atoms. The molecular weight excluding hydrogens is 186 g/mol. The van der Waals surface area contributed by atoms with Crippen LogP contribution >= 0.6 is 0 Å². The van der Waals surface area contributed by atoms with E-state index < -0.39 is 0 Å². The minimum Gasteiger partial charge on any atom is -0.385 e. The van der Waals surface area contributed by atoms with Gasteiger partial charge in [0, 0.05) is 19.8 Å². The fourth-order valence-corrected chi connectivity index (χ4v) is 2.80. The van der Waals surface area contributed by atoms with Crippen molar-refractivity contribution in [1.82, 2.24) is 0 Å². The summed E-state index contributed by atoms with van der Waals surface area (Å²) in [6.45, 7) is 7.93. The molecule has 0 aromatic carbocycles. The van der Waals surface area contributed by atoms with Gasteiger partial charge < -0.3 is 10.5 Å². The van der Waals surface area contributed by atoms with Gasteiger partial charge in [-0.2, -0.15) is 0 Å². The Labute approximate surface area is 94.6 Å². The third kappa shape index (κ3) is 3.76. The van der Waals surface area contributed by atoms with E-state index in [1.165, 1.54) is 19.3 Å². The van der Waals surface area contributed by atoms with Gasteiger partial charge in [0.25, 0.3) is 0 Å². The Hall–Kier alpha value is -0.0800. The van der Waals surface area contributed by atoms with E-state index in [0.717, 1.165) is 13.0 Å². The van der Waals surface area contributed by atoms with Crippen LogP contribution in [-0.4, -0.2) is 19.8 Å². The van der Waals surface area contributed by atoms with Crippen molar-refractivity contribution in [3.63, 3.8) is 0 Å². The molecule has 2 nitrogen and oxygen atoms in total. The van der Waals surface area contributed by atoms with Gasteiger partial charge in [0.2, 0.25) is 0 Å². The number of nitrogens with two attached hydrogens (primary N) is 1. The van der Waals surface area contributed by atoms with Gasteiger partial charge in [0.1, 0.15) is 0 Å². The number of rotatable bonds is 4. The standard InChI is InChI=1S/C13H27NO/c1-10(6-8-15-4)11-9-13(2,3)7-5-12(11)14/h10-12H,5-9,14H2,1-4H3. The molecule has 2 heteroatoms. The summed E-state index contributed by atoms with van der Waals surface area (Å²) in [5.41, 5.74) is 6.72. The molecule has 1 aliphatic rings. The lowest BCUT2D eigenvalue weighted by Crippen LogP contribution is -2.42. The van der Waals surface area contributed by atoms with Gasteiger partial charge in [-0.1, -0.05) is 20.8 Å². The molecule has 0 saturated heterocycles. The van der Waals surface area contributed by atoms with Crippen LogP contribution in [-0.2, 0) is 4.74 Å². The number of methoxy groups -OCH3 is 1. The summed E-state index contributed by atoms with van der Waals surface area (Å²) in [6.07, 6.45) is 4.89. The van der Waals surface area contributed by atoms with Gasteiger partial charge in [-0.05, 0) is 42.9 Å². The maximum Gasteiger partial charge on any atom is 0.0464 e. The molecule has 15 heavy (non-hydrogen) atoms. The van der Waals surface area contributed by atoms with E-state index in [0.29, 0.717) is 23.3 Å². The van der Waals surface area contributed by atoms with Crippen LogP contribution in [0.25, 0.3) is 0 Å². The number of ether oxygens (including phenoxy) is 1. The lowest BCUT2D eigenvalue weighted by molar-refractivity contribution is 0.0952. The van der Waals surface area contributed by atoms with Crippen molar-refractivity contribution < 1.29 is 4.74 Å². The molecule has 0 spiro atoms. The quantitative estimate of drug-likeness (QED) is 0.779. The zero-order valence-electron chi connectivity index (χ0n) is 10.8. The molecule has 0 heterocycles. The Balaban J connectivity index is 2.50. The first-order valence-electron chi connectivity index (χ1n) is 6.21. The third-order valence-electron chi connectivity index (χ3n) is 4.00. The number of hydrogen-bond donors (Lipinski definition) is 1. The summed E-state index contributed by atoms with van der Waals surface area (Å²) in [5.74, 6) is 1.38. The first-order valence-corrected chi connectivity index (χ1v) is 6.21. The molecule has 3 unspecified atom stereocenters. The summed E-state index contributed by atoms with van der Waals surface area (Å²) in [4.78, 5) is 0. The third-order valence-corrected chi connectivity index (χ3v) is 4.00. The molecule has 1 rings (SSSR count). The number of hydrogen-bond acceptors (Lipinski definition) is 2. The Morgan fingerprint density at radius 1 is 1.47 bits per heavy atom. The van der Waals surface area contributed by atoms with Crippen LogP contribution in [0.4, 0.5) is 0 Å². The van der Waals surface area contributed by atoms with Gasteiger partial charge in [-0.3, -0.25) is 0 Å². The summed E-state index contributed by atoms with van der Waals surface area (Å²) in [7, 11) is 1.78. The molecule has 0 radical (unpaired) electrons. The van der Waals surface area contributed by atoms with Crippen LogP contribution in [0.3, 0.4) is 0 Å². The van der Waals surface area contributed by atoms with Gasteiger partial charge in [-0.25, -0.2) is 0 Å². The molecule has 0 aromatic rings. The van der Waals surface area contributed by atoms with Crippen LogP contribution in [0.2, 0.25) is 0 Å². The monoisotopic (exact) mass is 213 g/mol. The summed E-state index contributed by atoms with van der Waals surface area (Å²) >= 11 is 0. The van der Waals surface area contributed by atoms with Gasteiger partial charge in [0.05, 0.1) is 0 Å². The van der Waals surface area contributed by atoms with Crippen LogP contribution in [0.15, 0.2) is 0 Å². The average Bonchev–Trinajstić information content (AvgIpc) is 2.18. The van der Waals surface area contributed by atoms with Crippen molar-refractivity contribution in [3.8, 4) is 0 Å². The Morgan fingerprint density at radius 2 is 2.13 bits per heavy atom. The molecular formula is C13H27NO. The summed E-state index contributed by atoms with van der Waals surface area (Å²) in [6, 6.07) is 0.407. The van der Waals surface area contributed by atoms with Crippen molar-refractivity contribution >= 4 is 0 Å². The van der Waals surface area contributed by atoms with E-state index in [1.807, 2.05) is 0 Å². The molecule has 0 aromatic heterocycles. The normalized spacial score (nSPS) is 32.6. The maximum atomic E-state index is 6.23. The maximum absolute atomic E-state index is 6.23. The van der Waals surface area contributed by atoms with Crippen molar-refractivity contribution in [2.24, 2.45) is 23.0 Å². The van der Waals surface area contributed by atoms with Gasteiger partial charge >= 0.3 is 0 Å². The fraction of sp³-hybridized carbons (Fsp3) is 1.00. The predicted molar refractivity (Wildman–Crippen MR) is 64.8 cm³/mol. The van der Waals surface area contributed by atoms with Crippen molar-refractivity contribution in [2.45, 2.75) is 52.5 Å². The molecule has 1 aliphatic carbocycles. The first-order chi connectivity index (χ1) is 6.96. The van der Waals surface area contributed by atoms with E-state index in [2.05, 4.69) is 20.8 Å². The van der Waals surface area contributed by atoms with Crippen LogP contribution in [0, 0.1) is 17.3 Å². The molecule has 90 valence electrons. The van der Waals surface area contributed by atoms with E-state index in [-0.39, 0.29) is 0 Å². The highest BCUT2D eigenvalue weighted by atomic mass is 16.5. The van der Waals surface area contributed by atoms with Crippen LogP contribution in [0.5, 0.6) is 0 Å². The van der Waals surface area contributed by atoms with E-state index in [4.69, 9.17) is 10.5 Å². The molecule has 1 fully saturated rings. The van der Waals surface area contributed by atoms with Gasteiger partial charge in [-0.15, -0.1) is 0 Å². The summed E-state index contributed by atoms with van der Waals surface area (Å²) < 4.78 is 5.15.